The minimum atomic E-state index is 0.0276. The van der Waals surface area contributed by atoms with E-state index in [2.05, 4.69) is 18.8 Å². The summed E-state index contributed by atoms with van der Waals surface area (Å²) in [5.74, 6) is 1.75. The van der Waals surface area contributed by atoms with E-state index in [4.69, 9.17) is 23.2 Å². The Hall–Kier alpha value is -1.23. The molecule has 2 atom stereocenters. The van der Waals surface area contributed by atoms with Gasteiger partial charge in [-0.3, -0.25) is 4.79 Å². The normalized spacial score (nSPS) is 20.2. The van der Waals surface area contributed by atoms with E-state index in [0.29, 0.717) is 33.3 Å². The predicted octanol–water partition coefficient (Wildman–Crippen LogP) is 5.80. The monoisotopic (exact) mass is 408 g/mol. The molecule has 1 amide bonds. The van der Waals surface area contributed by atoms with E-state index in [0.717, 1.165) is 23.7 Å². The summed E-state index contributed by atoms with van der Waals surface area (Å²) in [6.07, 6.45) is 1.18. The summed E-state index contributed by atoms with van der Waals surface area (Å²) in [6.45, 7) is 6.02. The third-order valence-corrected chi connectivity index (χ3v) is 6.22. The number of carbonyl (C=O) groups is 1. The molecule has 0 aliphatic carbocycles. The van der Waals surface area contributed by atoms with E-state index in [1.807, 2.05) is 29.2 Å². The number of carbonyl (C=O) groups excluding carboxylic acids is 1. The van der Waals surface area contributed by atoms with Gasteiger partial charge in [0.2, 0.25) is 0 Å². The van der Waals surface area contributed by atoms with Crippen LogP contribution in [0.5, 0.6) is 0 Å². The van der Waals surface area contributed by atoms with Crippen LogP contribution in [0.15, 0.2) is 41.3 Å². The maximum absolute atomic E-state index is 12.8. The lowest BCUT2D eigenvalue weighted by atomic mass is 9.92. The average molecular weight is 409 g/mol. The Morgan fingerprint density at radius 2 is 1.92 bits per heavy atom. The van der Waals surface area contributed by atoms with Crippen molar-refractivity contribution in [2.75, 3.05) is 13.1 Å². The van der Waals surface area contributed by atoms with Gasteiger partial charge in [0.25, 0.3) is 5.91 Å². The molecule has 2 unspecified atom stereocenters. The number of hydrogen-bond donors (Lipinski definition) is 0. The quantitative estimate of drug-likeness (QED) is 0.599. The number of nitrogens with zero attached hydrogens (tertiary/aromatic N) is 2. The number of likely N-dealkylation sites (tertiary alicyclic amines) is 1. The van der Waals surface area contributed by atoms with Crippen molar-refractivity contribution in [1.82, 2.24) is 9.88 Å². The van der Waals surface area contributed by atoms with Crippen LogP contribution in [0.2, 0.25) is 10.0 Å². The molecule has 1 aliphatic rings. The molecule has 1 fully saturated rings. The van der Waals surface area contributed by atoms with Gasteiger partial charge in [0, 0.05) is 28.8 Å². The average Bonchev–Trinajstić information content (AvgIpc) is 2.60. The maximum Gasteiger partial charge on any atom is 0.272 e. The van der Waals surface area contributed by atoms with Gasteiger partial charge >= 0.3 is 0 Å². The van der Waals surface area contributed by atoms with Crippen LogP contribution >= 0.6 is 35.0 Å². The lowest BCUT2D eigenvalue weighted by Gasteiger charge is -2.34. The number of benzene rings is 1. The molecule has 3 nitrogen and oxygen atoms in total. The van der Waals surface area contributed by atoms with Gasteiger partial charge in [-0.1, -0.05) is 43.1 Å². The van der Waals surface area contributed by atoms with Gasteiger partial charge in [0.05, 0.1) is 10.7 Å². The molecule has 1 aromatic heterocycles. The molecular weight excluding hydrogens is 387 g/mol. The summed E-state index contributed by atoms with van der Waals surface area (Å²) in [5, 5.41) is 1.25. The Bertz CT molecular complexity index is 789. The number of thioether (sulfide) groups is 1. The van der Waals surface area contributed by atoms with Crippen molar-refractivity contribution in [2.24, 2.45) is 11.8 Å². The zero-order chi connectivity index (χ0) is 18.7. The fourth-order valence-corrected chi connectivity index (χ4v) is 4.81. The minimum absolute atomic E-state index is 0.0276. The largest absolute Gasteiger partial charge is 0.337 e. The van der Waals surface area contributed by atoms with E-state index >= 15 is 0 Å². The zero-order valence-corrected chi connectivity index (χ0v) is 17.2. The highest BCUT2D eigenvalue weighted by atomic mass is 35.5. The molecule has 6 heteroatoms. The lowest BCUT2D eigenvalue weighted by molar-refractivity contribution is 0.0617. The van der Waals surface area contributed by atoms with Gasteiger partial charge in [-0.05, 0) is 48.6 Å². The predicted molar refractivity (Wildman–Crippen MR) is 109 cm³/mol. The molecule has 0 N–H and O–H groups in total. The van der Waals surface area contributed by atoms with Gasteiger partial charge in [0.1, 0.15) is 5.69 Å². The molecule has 3 rings (SSSR count). The topological polar surface area (TPSA) is 33.2 Å². The fourth-order valence-electron chi connectivity index (χ4n) is 3.41. The van der Waals surface area contributed by atoms with E-state index in [1.165, 1.54) is 6.42 Å². The SMILES string of the molecule is CC1CC(C)CN(C(=O)c2cccc(CSc3ccc(Cl)cc3Cl)n2)C1. The minimum Gasteiger partial charge on any atom is -0.337 e. The summed E-state index contributed by atoms with van der Waals surface area (Å²) in [5.41, 5.74) is 1.39. The van der Waals surface area contributed by atoms with Gasteiger partial charge in [-0.2, -0.15) is 0 Å². The fraction of sp³-hybridized carbons (Fsp3) is 0.400. The van der Waals surface area contributed by atoms with Crippen LogP contribution in [-0.2, 0) is 5.75 Å². The van der Waals surface area contributed by atoms with Crippen molar-refractivity contribution in [2.45, 2.75) is 30.9 Å². The van der Waals surface area contributed by atoms with Crippen molar-refractivity contribution in [1.29, 1.82) is 0 Å². The summed E-state index contributed by atoms with van der Waals surface area (Å²) < 4.78 is 0. The summed E-state index contributed by atoms with van der Waals surface area (Å²) in [4.78, 5) is 20.3. The number of aromatic nitrogens is 1. The Labute approximate surface area is 169 Å². The van der Waals surface area contributed by atoms with Crippen LogP contribution in [-0.4, -0.2) is 28.9 Å². The van der Waals surface area contributed by atoms with Crippen molar-refractivity contribution in [3.8, 4) is 0 Å². The number of amides is 1. The number of halogens is 2. The number of rotatable bonds is 4. The summed E-state index contributed by atoms with van der Waals surface area (Å²) in [7, 11) is 0. The molecule has 138 valence electrons. The Kier molecular flexibility index (Phi) is 6.49. The molecule has 1 aliphatic heterocycles. The molecule has 2 heterocycles. The van der Waals surface area contributed by atoms with Crippen molar-refractivity contribution >= 4 is 40.9 Å². The number of hydrogen-bond acceptors (Lipinski definition) is 3. The first-order valence-electron chi connectivity index (χ1n) is 8.75. The molecule has 2 aromatic rings. The van der Waals surface area contributed by atoms with E-state index in [9.17, 15) is 4.79 Å². The highest BCUT2D eigenvalue weighted by Crippen LogP contribution is 2.31. The number of piperidine rings is 1. The van der Waals surface area contributed by atoms with Gasteiger partial charge in [0.15, 0.2) is 0 Å². The number of pyridine rings is 1. The molecule has 0 spiro atoms. The Balaban J connectivity index is 1.68. The van der Waals surface area contributed by atoms with Crippen LogP contribution in [0.3, 0.4) is 0 Å². The summed E-state index contributed by atoms with van der Waals surface area (Å²) in [6, 6.07) is 11.1. The van der Waals surface area contributed by atoms with Crippen LogP contribution in [0.25, 0.3) is 0 Å². The molecule has 26 heavy (non-hydrogen) atoms. The first kappa shape index (κ1) is 19.5. The van der Waals surface area contributed by atoms with Crippen molar-refractivity contribution in [3.05, 3.63) is 57.8 Å². The smallest absolute Gasteiger partial charge is 0.272 e. The van der Waals surface area contributed by atoms with Gasteiger partial charge < -0.3 is 4.90 Å². The van der Waals surface area contributed by atoms with Gasteiger partial charge in [-0.15, -0.1) is 11.8 Å². The maximum atomic E-state index is 12.8. The molecular formula is C20H22Cl2N2OS. The lowest BCUT2D eigenvalue weighted by Crippen LogP contribution is -2.42. The second-order valence-corrected chi connectivity index (χ2v) is 8.89. The second kappa shape index (κ2) is 8.64. The van der Waals surface area contributed by atoms with Crippen molar-refractivity contribution in [3.63, 3.8) is 0 Å². The first-order valence-corrected chi connectivity index (χ1v) is 10.5. The van der Waals surface area contributed by atoms with E-state index in [1.54, 1.807) is 23.9 Å². The van der Waals surface area contributed by atoms with Crippen LogP contribution in [0.4, 0.5) is 0 Å². The molecule has 0 radical (unpaired) electrons. The third kappa shape index (κ3) is 4.93. The van der Waals surface area contributed by atoms with E-state index in [-0.39, 0.29) is 5.91 Å². The van der Waals surface area contributed by atoms with E-state index < -0.39 is 0 Å². The second-order valence-electron chi connectivity index (χ2n) is 7.03. The van der Waals surface area contributed by atoms with Crippen LogP contribution in [0, 0.1) is 11.8 Å². The highest BCUT2D eigenvalue weighted by molar-refractivity contribution is 7.98. The Morgan fingerprint density at radius 1 is 1.19 bits per heavy atom. The molecule has 0 saturated carbocycles. The highest BCUT2D eigenvalue weighted by Gasteiger charge is 2.26. The Morgan fingerprint density at radius 3 is 2.62 bits per heavy atom. The molecule has 1 aromatic carbocycles. The third-order valence-electron chi connectivity index (χ3n) is 4.45. The van der Waals surface area contributed by atoms with Crippen LogP contribution in [0.1, 0.15) is 36.5 Å². The van der Waals surface area contributed by atoms with Crippen molar-refractivity contribution < 1.29 is 4.79 Å². The first-order chi connectivity index (χ1) is 12.4. The summed E-state index contributed by atoms with van der Waals surface area (Å²) >= 11 is 13.7. The standard InChI is InChI=1S/C20H22Cl2N2OS/c1-13-8-14(2)11-24(10-13)20(25)18-5-3-4-16(23-18)12-26-19-7-6-15(21)9-17(19)22/h3-7,9,13-14H,8,10-12H2,1-2H3. The van der Waals surface area contributed by atoms with Crippen LogP contribution < -0.4 is 0 Å². The van der Waals surface area contributed by atoms with Gasteiger partial charge in [-0.25, -0.2) is 4.98 Å². The molecule has 0 bridgehead atoms. The zero-order valence-electron chi connectivity index (χ0n) is 14.9. The molecule has 1 saturated heterocycles.